The van der Waals surface area contributed by atoms with Crippen LogP contribution < -0.4 is 15.0 Å². The van der Waals surface area contributed by atoms with Crippen molar-refractivity contribution in [1.82, 2.24) is 20.2 Å². The van der Waals surface area contributed by atoms with E-state index in [0.717, 1.165) is 67.5 Å². The number of hydrogen-bond acceptors (Lipinski definition) is 7. The van der Waals surface area contributed by atoms with Gasteiger partial charge in [0.05, 0.1) is 6.61 Å². The molecule has 8 heteroatoms. The number of hydrogen-bond donors (Lipinski definition) is 2. The number of halogens is 1. The molecule has 2 bridgehead atoms. The highest BCUT2D eigenvalue weighted by Gasteiger charge is 2.34. The molecule has 3 aliphatic heterocycles. The molecule has 2 atom stereocenters. The smallest absolute Gasteiger partial charge is 0.319 e. The summed E-state index contributed by atoms with van der Waals surface area (Å²) in [5.74, 6) is 0.431. The van der Waals surface area contributed by atoms with E-state index in [-0.39, 0.29) is 17.3 Å². The second-order valence-corrected chi connectivity index (χ2v) is 11.2. The van der Waals surface area contributed by atoms with E-state index in [1.54, 1.807) is 12.1 Å². The Morgan fingerprint density at radius 3 is 2.82 bits per heavy atom. The Bertz CT molecular complexity index is 1520. The van der Waals surface area contributed by atoms with Gasteiger partial charge in [0, 0.05) is 42.7 Å². The summed E-state index contributed by atoms with van der Waals surface area (Å²) >= 11 is 0. The van der Waals surface area contributed by atoms with Crippen molar-refractivity contribution in [3.8, 4) is 22.9 Å². The number of fused-ring (bicyclic) bond motifs is 6. The number of rotatable bonds is 7. The van der Waals surface area contributed by atoms with Gasteiger partial charge in [0.25, 0.3) is 0 Å². The number of ether oxygens (including phenoxy) is 1. The number of phenolic OH excluding ortho intramolecular Hbond substituents is 1. The van der Waals surface area contributed by atoms with Crippen LogP contribution in [-0.2, 0) is 0 Å². The van der Waals surface area contributed by atoms with E-state index in [2.05, 4.69) is 20.1 Å². The van der Waals surface area contributed by atoms with E-state index in [1.165, 1.54) is 0 Å². The highest BCUT2D eigenvalue weighted by atomic mass is 19.1. The monoisotopic (exact) mass is 529 g/mol. The Kier molecular flexibility index (Phi) is 6.99. The molecule has 0 radical (unpaired) electrons. The number of aryl methyl sites for hydroxylation is 1. The van der Waals surface area contributed by atoms with E-state index < -0.39 is 5.82 Å². The van der Waals surface area contributed by atoms with Gasteiger partial charge in [0.1, 0.15) is 17.1 Å². The molecule has 2 unspecified atom stereocenters. The molecular weight excluding hydrogens is 493 g/mol. The topological polar surface area (TPSA) is 73.8 Å². The lowest BCUT2D eigenvalue weighted by atomic mass is 9.92. The highest BCUT2D eigenvalue weighted by Crippen LogP contribution is 2.41. The second kappa shape index (κ2) is 10.6. The van der Waals surface area contributed by atoms with Gasteiger partial charge in [-0.05, 0) is 86.8 Å². The van der Waals surface area contributed by atoms with Crippen LogP contribution in [-0.4, -0.2) is 72.4 Å². The summed E-state index contributed by atoms with van der Waals surface area (Å²) in [5.41, 5.74) is 2.12. The van der Waals surface area contributed by atoms with Crippen LogP contribution in [0.25, 0.3) is 32.8 Å². The van der Waals surface area contributed by atoms with Gasteiger partial charge in [0.15, 0.2) is 5.82 Å². The number of benzene rings is 3. The van der Waals surface area contributed by atoms with Crippen LogP contribution in [0.3, 0.4) is 0 Å². The van der Waals surface area contributed by atoms with Crippen LogP contribution in [0.2, 0.25) is 0 Å². The minimum absolute atomic E-state index is 0.101. The fraction of sp³-hybridized carbons (Fsp3) is 0.419. The fourth-order valence-electron chi connectivity index (χ4n) is 6.15. The first kappa shape index (κ1) is 25.8. The summed E-state index contributed by atoms with van der Waals surface area (Å²) in [4.78, 5) is 14.0. The molecule has 0 saturated carbocycles. The number of anilines is 1. The zero-order valence-corrected chi connectivity index (χ0v) is 22.9. The maximum Gasteiger partial charge on any atom is 0.319 e. The predicted molar refractivity (Wildman–Crippen MR) is 154 cm³/mol. The summed E-state index contributed by atoms with van der Waals surface area (Å²) in [7, 11) is 4.05. The lowest BCUT2D eigenvalue weighted by Gasteiger charge is -2.38. The molecule has 4 heterocycles. The van der Waals surface area contributed by atoms with Gasteiger partial charge in [-0.15, -0.1) is 0 Å². The van der Waals surface area contributed by atoms with Crippen molar-refractivity contribution in [1.29, 1.82) is 0 Å². The number of aromatic nitrogens is 2. The van der Waals surface area contributed by atoms with Crippen LogP contribution in [0.1, 0.15) is 31.2 Å². The van der Waals surface area contributed by atoms with Crippen molar-refractivity contribution in [3.63, 3.8) is 0 Å². The normalized spacial score (nSPS) is 19.3. The molecule has 3 aromatic carbocycles. The van der Waals surface area contributed by atoms with Crippen molar-refractivity contribution in [2.75, 3.05) is 45.2 Å². The number of phenols is 1. The molecule has 7 nitrogen and oxygen atoms in total. The molecule has 4 aromatic rings. The van der Waals surface area contributed by atoms with Gasteiger partial charge in [-0.1, -0.05) is 24.3 Å². The average molecular weight is 530 g/mol. The van der Waals surface area contributed by atoms with E-state index in [0.29, 0.717) is 35.2 Å². The summed E-state index contributed by atoms with van der Waals surface area (Å²) in [6.07, 6.45) is 4.19. The van der Waals surface area contributed by atoms with Crippen molar-refractivity contribution >= 4 is 27.5 Å². The molecule has 7 rings (SSSR count). The van der Waals surface area contributed by atoms with Crippen molar-refractivity contribution in [3.05, 3.63) is 53.8 Å². The Hall–Kier alpha value is -3.49. The SMILES string of the molecule is Cc1cc2c(N3CC4CCCC3CN4)nc(OCCCN(C)C)nc2c(F)c1-c1cc(O)cc2ccccc12. The standard InChI is InChI=1S/C31H36FN5O2/c1-19-14-26-29(28(32)27(19)25-16-23(38)15-20-8-4-5-11-24(20)25)34-31(39-13-7-12-36(2)3)35-30(26)37-18-21-9-6-10-22(37)17-33-21/h4-5,8,11,14-16,21-22,33,38H,6-7,9-10,12-13,17-18H2,1-3H3. The largest absolute Gasteiger partial charge is 0.508 e. The Morgan fingerprint density at radius 2 is 1.97 bits per heavy atom. The second-order valence-electron chi connectivity index (χ2n) is 11.2. The first-order valence-electron chi connectivity index (χ1n) is 13.9. The molecule has 3 fully saturated rings. The van der Waals surface area contributed by atoms with Gasteiger partial charge < -0.3 is 25.0 Å². The minimum atomic E-state index is -0.416. The molecule has 0 aliphatic carbocycles. The van der Waals surface area contributed by atoms with Crippen LogP contribution >= 0.6 is 0 Å². The third kappa shape index (κ3) is 4.99. The van der Waals surface area contributed by atoms with Crippen LogP contribution in [0.5, 0.6) is 11.8 Å². The van der Waals surface area contributed by atoms with E-state index >= 15 is 4.39 Å². The maximum atomic E-state index is 16.7. The third-order valence-corrected chi connectivity index (χ3v) is 8.05. The summed E-state index contributed by atoms with van der Waals surface area (Å²) in [6.45, 7) is 4.97. The maximum absolute atomic E-state index is 16.7. The summed E-state index contributed by atoms with van der Waals surface area (Å²) in [5, 5.41) is 16.6. The first-order chi connectivity index (χ1) is 18.9. The lowest BCUT2D eigenvalue weighted by molar-refractivity contribution is 0.264. The molecule has 39 heavy (non-hydrogen) atoms. The Balaban J connectivity index is 1.52. The molecule has 0 amide bonds. The van der Waals surface area contributed by atoms with Gasteiger partial charge in [0.2, 0.25) is 0 Å². The number of piperazine rings is 1. The quantitative estimate of drug-likeness (QED) is 0.316. The van der Waals surface area contributed by atoms with Crippen molar-refractivity contribution < 1.29 is 14.2 Å². The van der Waals surface area contributed by atoms with Crippen LogP contribution in [0.4, 0.5) is 10.2 Å². The van der Waals surface area contributed by atoms with Gasteiger partial charge in [-0.25, -0.2) is 4.39 Å². The molecule has 204 valence electrons. The van der Waals surface area contributed by atoms with Crippen LogP contribution in [0.15, 0.2) is 42.5 Å². The highest BCUT2D eigenvalue weighted by molar-refractivity contribution is 6.02. The Morgan fingerprint density at radius 1 is 1.13 bits per heavy atom. The number of aromatic hydroxyl groups is 1. The average Bonchev–Trinajstić information content (AvgIpc) is 3.27. The van der Waals surface area contributed by atoms with E-state index in [1.807, 2.05) is 51.4 Å². The molecule has 3 saturated heterocycles. The van der Waals surface area contributed by atoms with Gasteiger partial charge in [-0.2, -0.15) is 9.97 Å². The molecule has 1 aromatic heterocycles. The van der Waals surface area contributed by atoms with E-state index in [9.17, 15) is 5.11 Å². The molecular formula is C31H36FN5O2. The fourth-order valence-corrected chi connectivity index (χ4v) is 6.15. The minimum Gasteiger partial charge on any atom is -0.508 e. The summed E-state index contributed by atoms with van der Waals surface area (Å²) < 4.78 is 22.7. The van der Waals surface area contributed by atoms with Crippen molar-refractivity contribution in [2.24, 2.45) is 0 Å². The zero-order chi connectivity index (χ0) is 27.1. The third-order valence-electron chi connectivity index (χ3n) is 8.05. The van der Waals surface area contributed by atoms with Gasteiger partial charge >= 0.3 is 6.01 Å². The van der Waals surface area contributed by atoms with Gasteiger partial charge in [-0.3, -0.25) is 0 Å². The molecule has 0 spiro atoms. The predicted octanol–water partition coefficient (Wildman–Crippen LogP) is 5.26. The summed E-state index contributed by atoms with van der Waals surface area (Å²) in [6, 6.07) is 14.0. The lowest BCUT2D eigenvalue weighted by Crippen LogP contribution is -2.54. The zero-order valence-electron chi connectivity index (χ0n) is 22.9. The molecule has 2 N–H and O–H groups in total. The number of nitrogens with one attached hydrogen (secondary N) is 1. The first-order valence-corrected chi connectivity index (χ1v) is 13.9. The molecule has 3 aliphatic rings. The van der Waals surface area contributed by atoms with Crippen LogP contribution in [0, 0.1) is 12.7 Å². The number of nitrogens with zero attached hydrogens (tertiary/aromatic N) is 4. The van der Waals surface area contributed by atoms with E-state index in [4.69, 9.17) is 9.72 Å². The van der Waals surface area contributed by atoms with Crippen molar-refractivity contribution in [2.45, 2.75) is 44.7 Å². The Labute approximate surface area is 228 Å².